The predicted molar refractivity (Wildman–Crippen MR) is 72.7 cm³/mol. The molecule has 1 aromatic rings. The molecule has 0 aliphatic heterocycles. The number of benzene rings is 1. The number of hydrogen-bond acceptors (Lipinski definition) is 2. The van der Waals surface area contributed by atoms with Crippen LogP contribution in [0.25, 0.3) is 0 Å². The van der Waals surface area contributed by atoms with Crippen molar-refractivity contribution in [3.63, 3.8) is 0 Å². The van der Waals surface area contributed by atoms with Crippen LogP contribution in [0.1, 0.15) is 31.7 Å². The van der Waals surface area contributed by atoms with Gasteiger partial charge in [-0.3, -0.25) is 11.3 Å². The summed E-state index contributed by atoms with van der Waals surface area (Å²) in [7, 11) is 0. The minimum absolute atomic E-state index is 0.172. The lowest BCUT2D eigenvalue weighted by atomic mass is 9.92. The van der Waals surface area contributed by atoms with Crippen LogP contribution in [0.3, 0.4) is 0 Å². The summed E-state index contributed by atoms with van der Waals surface area (Å²) in [5.74, 6) is 6.65. The molecule has 0 heterocycles. The molecule has 0 radical (unpaired) electrons. The third-order valence-corrected chi connectivity index (χ3v) is 4.26. The first-order chi connectivity index (χ1) is 8.60. The monoisotopic (exact) mass is 270 g/mol. The Morgan fingerprint density at radius 3 is 2.83 bits per heavy atom. The highest BCUT2D eigenvalue weighted by molar-refractivity contribution is 6.30. The van der Waals surface area contributed by atoms with Crippen LogP contribution < -0.4 is 11.3 Å². The lowest BCUT2D eigenvalue weighted by Gasteiger charge is -2.23. The van der Waals surface area contributed by atoms with Gasteiger partial charge in [0.25, 0.3) is 0 Å². The molecular weight excluding hydrogens is 251 g/mol. The number of halogens is 2. The third kappa shape index (κ3) is 3.22. The minimum Gasteiger partial charge on any atom is -0.271 e. The number of rotatable bonds is 4. The molecule has 3 unspecified atom stereocenters. The molecular formula is C14H20ClFN2. The molecule has 0 spiro atoms. The lowest BCUT2D eigenvalue weighted by molar-refractivity contribution is 0.352. The molecule has 0 amide bonds. The van der Waals surface area contributed by atoms with Crippen LogP contribution in [0, 0.1) is 17.7 Å². The van der Waals surface area contributed by atoms with Gasteiger partial charge in [-0.1, -0.05) is 31.0 Å². The van der Waals surface area contributed by atoms with Crippen molar-refractivity contribution in [3.05, 3.63) is 34.6 Å². The van der Waals surface area contributed by atoms with E-state index in [0.717, 1.165) is 17.9 Å². The number of nitrogens with two attached hydrogens (primary N) is 1. The molecule has 3 N–H and O–H groups in total. The van der Waals surface area contributed by atoms with Gasteiger partial charge in [-0.2, -0.15) is 0 Å². The molecule has 0 bridgehead atoms. The van der Waals surface area contributed by atoms with E-state index in [1.165, 1.54) is 25.3 Å². The molecule has 2 nitrogen and oxygen atoms in total. The summed E-state index contributed by atoms with van der Waals surface area (Å²) in [5, 5.41) is 0.172. The van der Waals surface area contributed by atoms with E-state index in [0.29, 0.717) is 5.92 Å². The van der Waals surface area contributed by atoms with Gasteiger partial charge in [-0.15, -0.1) is 0 Å². The van der Waals surface area contributed by atoms with Crippen LogP contribution in [-0.4, -0.2) is 6.04 Å². The van der Waals surface area contributed by atoms with Crippen LogP contribution in [0.4, 0.5) is 4.39 Å². The number of hydrogen-bond donors (Lipinski definition) is 2. The molecule has 0 aromatic heterocycles. The first kappa shape index (κ1) is 13.8. The highest BCUT2D eigenvalue weighted by atomic mass is 35.5. The molecule has 4 heteroatoms. The van der Waals surface area contributed by atoms with Crippen molar-refractivity contribution in [2.75, 3.05) is 0 Å². The van der Waals surface area contributed by atoms with E-state index in [1.54, 1.807) is 6.07 Å². The summed E-state index contributed by atoms with van der Waals surface area (Å²) in [6, 6.07) is 5.20. The SMILES string of the molecule is CC1CCC(C(Cc2ccc(Cl)c(F)c2)NN)C1. The fraction of sp³-hybridized carbons (Fsp3) is 0.571. The first-order valence-corrected chi connectivity index (χ1v) is 6.88. The Hall–Kier alpha value is -0.640. The normalized spacial score (nSPS) is 25.3. The Labute approximate surface area is 113 Å². The first-order valence-electron chi connectivity index (χ1n) is 6.50. The smallest absolute Gasteiger partial charge is 0.142 e. The fourth-order valence-electron chi connectivity index (χ4n) is 2.90. The van der Waals surface area contributed by atoms with E-state index >= 15 is 0 Å². The molecule has 1 aliphatic carbocycles. The standard InChI is InChI=1S/C14H20ClFN2/c1-9-2-4-11(6-9)14(18-17)8-10-3-5-12(15)13(16)7-10/h3,5,7,9,11,14,18H,2,4,6,8,17H2,1H3. The van der Waals surface area contributed by atoms with Gasteiger partial charge < -0.3 is 0 Å². The van der Waals surface area contributed by atoms with Crippen molar-refractivity contribution >= 4 is 11.6 Å². The molecule has 100 valence electrons. The number of nitrogens with one attached hydrogen (secondary N) is 1. The van der Waals surface area contributed by atoms with Crippen LogP contribution in [0.2, 0.25) is 5.02 Å². The van der Waals surface area contributed by atoms with Crippen LogP contribution in [-0.2, 0) is 6.42 Å². The van der Waals surface area contributed by atoms with E-state index in [9.17, 15) is 4.39 Å². The van der Waals surface area contributed by atoms with Gasteiger partial charge in [0.1, 0.15) is 5.82 Å². The van der Waals surface area contributed by atoms with E-state index in [2.05, 4.69) is 12.3 Å². The van der Waals surface area contributed by atoms with Crippen LogP contribution in [0.5, 0.6) is 0 Å². The molecule has 1 saturated carbocycles. The number of hydrazine groups is 1. The van der Waals surface area contributed by atoms with Gasteiger partial charge in [0.05, 0.1) is 5.02 Å². The van der Waals surface area contributed by atoms with E-state index < -0.39 is 0 Å². The maximum atomic E-state index is 13.4. The average Bonchev–Trinajstić information content (AvgIpc) is 2.77. The van der Waals surface area contributed by atoms with Crippen LogP contribution in [0.15, 0.2) is 18.2 Å². The van der Waals surface area contributed by atoms with E-state index in [1.807, 2.05) is 6.07 Å². The molecule has 18 heavy (non-hydrogen) atoms. The maximum absolute atomic E-state index is 13.4. The van der Waals surface area contributed by atoms with Gasteiger partial charge in [0.15, 0.2) is 0 Å². The molecule has 3 atom stereocenters. The van der Waals surface area contributed by atoms with Gasteiger partial charge >= 0.3 is 0 Å². The summed E-state index contributed by atoms with van der Waals surface area (Å²) in [6.07, 6.45) is 4.41. The summed E-state index contributed by atoms with van der Waals surface area (Å²) in [4.78, 5) is 0. The van der Waals surface area contributed by atoms with Gasteiger partial charge in [-0.25, -0.2) is 4.39 Å². The Morgan fingerprint density at radius 2 is 2.28 bits per heavy atom. The third-order valence-electron chi connectivity index (χ3n) is 3.96. The molecule has 1 fully saturated rings. The zero-order valence-corrected chi connectivity index (χ0v) is 11.4. The van der Waals surface area contributed by atoms with Gasteiger partial charge in [-0.05, 0) is 48.8 Å². The quantitative estimate of drug-likeness (QED) is 0.651. The molecule has 1 aliphatic rings. The van der Waals surface area contributed by atoms with Crippen molar-refractivity contribution in [2.24, 2.45) is 17.7 Å². The summed E-state index contributed by atoms with van der Waals surface area (Å²) in [5.41, 5.74) is 3.84. The fourth-order valence-corrected chi connectivity index (χ4v) is 3.02. The van der Waals surface area contributed by atoms with Crippen molar-refractivity contribution in [2.45, 2.75) is 38.6 Å². The average molecular weight is 271 g/mol. The summed E-state index contributed by atoms with van der Waals surface area (Å²) >= 11 is 5.68. The Kier molecular flexibility index (Phi) is 4.60. The van der Waals surface area contributed by atoms with Crippen molar-refractivity contribution < 1.29 is 4.39 Å². The summed E-state index contributed by atoms with van der Waals surface area (Å²) in [6.45, 7) is 2.27. The molecule has 2 rings (SSSR count). The Bertz CT molecular complexity index is 411. The topological polar surface area (TPSA) is 38.0 Å². The zero-order chi connectivity index (χ0) is 13.1. The van der Waals surface area contributed by atoms with Gasteiger partial charge in [0.2, 0.25) is 0 Å². The summed E-state index contributed by atoms with van der Waals surface area (Å²) < 4.78 is 13.4. The Balaban J connectivity index is 2.03. The highest BCUT2D eigenvalue weighted by Gasteiger charge is 2.28. The van der Waals surface area contributed by atoms with Crippen molar-refractivity contribution in [1.82, 2.24) is 5.43 Å². The second kappa shape index (κ2) is 6.00. The molecule has 1 aromatic carbocycles. The largest absolute Gasteiger partial charge is 0.271 e. The van der Waals surface area contributed by atoms with Gasteiger partial charge in [0, 0.05) is 6.04 Å². The predicted octanol–water partition coefficient (Wildman–Crippen LogP) is 3.29. The zero-order valence-electron chi connectivity index (χ0n) is 10.6. The highest BCUT2D eigenvalue weighted by Crippen LogP contribution is 2.33. The van der Waals surface area contributed by atoms with Crippen LogP contribution >= 0.6 is 11.6 Å². The Morgan fingerprint density at radius 1 is 1.50 bits per heavy atom. The second-order valence-corrected chi connectivity index (χ2v) is 5.81. The second-order valence-electron chi connectivity index (χ2n) is 5.40. The van der Waals surface area contributed by atoms with Crippen molar-refractivity contribution in [1.29, 1.82) is 0 Å². The minimum atomic E-state index is -0.357. The maximum Gasteiger partial charge on any atom is 0.142 e. The van der Waals surface area contributed by atoms with E-state index in [4.69, 9.17) is 17.4 Å². The van der Waals surface area contributed by atoms with E-state index in [-0.39, 0.29) is 16.9 Å². The lowest BCUT2D eigenvalue weighted by Crippen LogP contribution is -2.41. The molecule has 0 saturated heterocycles. The van der Waals surface area contributed by atoms with Crippen molar-refractivity contribution in [3.8, 4) is 0 Å².